The van der Waals surface area contributed by atoms with Crippen molar-refractivity contribution in [3.63, 3.8) is 0 Å². The fraction of sp³-hybridized carbons (Fsp3) is 0.667. The first kappa shape index (κ1) is 14.8. The van der Waals surface area contributed by atoms with Gasteiger partial charge >= 0.3 is 5.97 Å². The molecule has 116 valence electrons. The molecule has 6 heteroatoms. The molecule has 0 spiro atoms. The normalized spacial score (nSPS) is 39.7. The van der Waals surface area contributed by atoms with E-state index in [2.05, 4.69) is 13.2 Å². The number of rotatable bonds is 2. The van der Waals surface area contributed by atoms with Crippen molar-refractivity contribution >= 4 is 16.1 Å². The summed E-state index contributed by atoms with van der Waals surface area (Å²) in [6, 6.07) is 0. The highest BCUT2D eigenvalue weighted by Crippen LogP contribution is 2.52. The summed E-state index contributed by atoms with van der Waals surface area (Å²) < 4.78 is 36.9. The van der Waals surface area contributed by atoms with Crippen LogP contribution < -0.4 is 0 Å². The van der Waals surface area contributed by atoms with E-state index >= 15 is 0 Å². The predicted octanol–water partition coefficient (Wildman–Crippen LogP) is 1.96. The van der Waals surface area contributed by atoms with Crippen LogP contribution in [0, 0.1) is 23.7 Å². The summed E-state index contributed by atoms with van der Waals surface area (Å²) in [6.45, 7) is 8.25. The molecule has 21 heavy (non-hydrogen) atoms. The number of esters is 1. The summed E-state index contributed by atoms with van der Waals surface area (Å²) in [7, 11) is -4.20. The van der Waals surface area contributed by atoms with Gasteiger partial charge in [-0.2, -0.15) is 8.42 Å². The first-order valence-corrected chi connectivity index (χ1v) is 8.90. The van der Waals surface area contributed by atoms with E-state index in [-0.39, 0.29) is 23.9 Å². The zero-order valence-corrected chi connectivity index (χ0v) is 12.6. The van der Waals surface area contributed by atoms with Crippen molar-refractivity contribution in [3.05, 3.63) is 24.3 Å². The van der Waals surface area contributed by atoms with Crippen LogP contribution >= 0.6 is 0 Å². The number of hydrogen-bond acceptors (Lipinski definition) is 4. The standard InChI is InChI=1S/C15H20O5S/c1-8-3-6-11-12(7-21(17,18)19)15(16)20-14(11)13-9(2)4-5-10(8)13/h10-14H,1-7H2,(H,17,18,19)/t10-,11+,12+,13-,14-/m0/s1. The number of fused-ring (bicyclic) bond motifs is 3. The first-order valence-electron chi connectivity index (χ1n) is 7.29. The number of ether oxygens (including phenoxy) is 1. The van der Waals surface area contributed by atoms with Crippen LogP contribution in [0.4, 0.5) is 0 Å². The summed E-state index contributed by atoms with van der Waals surface area (Å²) in [5, 5.41) is 0. The van der Waals surface area contributed by atoms with Crippen LogP contribution in [0.3, 0.4) is 0 Å². The number of hydrogen-bond donors (Lipinski definition) is 1. The van der Waals surface area contributed by atoms with Gasteiger partial charge in [0.05, 0.1) is 11.7 Å². The minimum Gasteiger partial charge on any atom is -0.461 e. The SMILES string of the molecule is C=C1CC[C@H]2C(=C)CC[C@H]3[C@H](OC(=O)[C@@H]3CS(=O)(=O)O)[C@@H]12. The van der Waals surface area contributed by atoms with Crippen LogP contribution in [0.1, 0.15) is 25.7 Å². The second-order valence-corrected chi connectivity index (χ2v) is 7.94. The Morgan fingerprint density at radius 1 is 1.19 bits per heavy atom. The summed E-state index contributed by atoms with van der Waals surface area (Å²) in [4.78, 5) is 12.1. The van der Waals surface area contributed by atoms with Crippen LogP contribution in [0.5, 0.6) is 0 Å². The van der Waals surface area contributed by atoms with Crippen LogP contribution in [0.15, 0.2) is 24.3 Å². The van der Waals surface area contributed by atoms with Crippen LogP contribution in [0.25, 0.3) is 0 Å². The molecule has 1 saturated heterocycles. The molecule has 0 amide bonds. The van der Waals surface area contributed by atoms with E-state index in [1.807, 2.05) is 0 Å². The van der Waals surface area contributed by atoms with Crippen LogP contribution in [-0.4, -0.2) is 30.8 Å². The van der Waals surface area contributed by atoms with Gasteiger partial charge in [-0.25, -0.2) is 0 Å². The van der Waals surface area contributed by atoms with Crippen LogP contribution in [0.2, 0.25) is 0 Å². The number of allylic oxidation sites excluding steroid dienone is 1. The summed E-state index contributed by atoms with van der Waals surface area (Å²) in [5.41, 5.74) is 2.22. The summed E-state index contributed by atoms with van der Waals surface area (Å²) >= 11 is 0. The zero-order valence-electron chi connectivity index (χ0n) is 11.8. The Balaban J connectivity index is 1.93. The molecule has 2 saturated carbocycles. The lowest BCUT2D eigenvalue weighted by Gasteiger charge is -2.26. The molecule has 0 bridgehead atoms. The Hall–Kier alpha value is -1.14. The molecule has 0 radical (unpaired) electrons. The van der Waals surface area contributed by atoms with Gasteiger partial charge in [0.15, 0.2) is 0 Å². The third-order valence-electron chi connectivity index (χ3n) is 5.24. The average molecular weight is 312 g/mol. The topological polar surface area (TPSA) is 80.7 Å². The molecule has 3 aliphatic rings. The van der Waals surface area contributed by atoms with E-state index in [0.29, 0.717) is 6.42 Å². The molecule has 2 aliphatic carbocycles. The minimum atomic E-state index is -4.20. The van der Waals surface area contributed by atoms with E-state index in [4.69, 9.17) is 9.29 Å². The van der Waals surface area contributed by atoms with E-state index in [1.165, 1.54) is 0 Å². The molecular formula is C15H20O5S. The van der Waals surface area contributed by atoms with Gasteiger partial charge in [0.2, 0.25) is 0 Å². The highest BCUT2D eigenvalue weighted by Gasteiger charge is 2.54. The lowest BCUT2D eigenvalue weighted by Crippen LogP contribution is -2.31. The summed E-state index contributed by atoms with van der Waals surface area (Å²) in [6.07, 6.45) is 3.01. The van der Waals surface area contributed by atoms with E-state index in [0.717, 1.165) is 30.4 Å². The Morgan fingerprint density at radius 2 is 1.86 bits per heavy atom. The quantitative estimate of drug-likeness (QED) is 0.479. The Labute approximate surface area is 124 Å². The summed E-state index contributed by atoms with van der Waals surface area (Å²) in [5.74, 6) is -1.67. The van der Waals surface area contributed by atoms with Gasteiger partial charge in [-0.05, 0) is 31.6 Å². The Kier molecular flexibility index (Phi) is 3.48. The molecule has 3 rings (SSSR count). The Morgan fingerprint density at radius 3 is 2.52 bits per heavy atom. The molecule has 1 heterocycles. The van der Waals surface area contributed by atoms with Crippen molar-refractivity contribution < 1.29 is 22.5 Å². The molecule has 0 aromatic heterocycles. The average Bonchev–Trinajstić information content (AvgIpc) is 2.83. The molecule has 1 N–H and O–H groups in total. The molecular weight excluding hydrogens is 292 g/mol. The largest absolute Gasteiger partial charge is 0.461 e. The molecule has 1 aliphatic heterocycles. The van der Waals surface area contributed by atoms with Crippen molar-refractivity contribution in [3.8, 4) is 0 Å². The van der Waals surface area contributed by atoms with Gasteiger partial charge < -0.3 is 4.74 Å². The van der Waals surface area contributed by atoms with Gasteiger partial charge in [-0.1, -0.05) is 24.3 Å². The first-order chi connectivity index (χ1) is 9.78. The van der Waals surface area contributed by atoms with E-state index in [9.17, 15) is 13.2 Å². The van der Waals surface area contributed by atoms with Crippen molar-refractivity contribution in [1.29, 1.82) is 0 Å². The van der Waals surface area contributed by atoms with Gasteiger partial charge in [0.1, 0.15) is 6.10 Å². The molecule has 5 atom stereocenters. The van der Waals surface area contributed by atoms with Crippen molar-refractivity contribution in [2.45, 2.75) is 31.8 Å². The van der Waals surface area contributed by atoms with Gasteiger partial charge in [-0.15, -0.1) is 0 Å². The van der Waals surface area contributed by atoms with E-state index in [1.54, 1.807) is 0 Å². The lowest BCUT2D eigenvalue weighted by molar-refractivity contribution is -0.145. The fourth-order valence-corrected chi connectivity index (χ4v) is 5.10. The second kappa shape index (κ2) is 4.95. The predicted molar refractivity (Wildman–Crippen MR) is 77.0 cm³/mol. The maximum Gasteiger partial charge on any atom is 0.310 e. The van der Waals surface area contributed by atoms with Gasteiger partial charge in [0.25, 0.3) is 10.1 Å². The third kappa shape index (κ3) is 2.55. The van der Waals surface area contributed by atoms with Crippen molar-refractivity contribution in [1.82, 2.24) is 0 Å². The maximum absolute atomic E-state index is 12.1. The third-order valence-corrected chi connectivity index (χ3v) is 6.02. The number of carbonyl (C=O) groups is 1. The monoisotopic (exact) mass is 312 g/mol. The molecule has 0 aromatic carbocycles. The van der Waals surface area contributed by atoms with E-state index < -0.39 is 27.8 Å². The van der Waals surface area contributed by atoms with Gasteiger partial charge in [0, 0.05) is 11.8 Å². The Bertz CT molecular complexity index is 606. The smallest absolute Gasteiger partial charge is 0.310 e. The van der Waals surface area contributed by atoms with Crippen LogP contribution in [-0.2, 0) is 19.6 Å². The number of carbonyl (C=O) groups excluding carboxylic acids is 1. The highest BCUT2D eigenvalue weighted by molar-refractivity contribution is 7.85. The second-order valence-electron chi connectivity index (χ2n) is 6.45. The molecule has 0 unspecified atom stereocenters. The van der Waals surface area contributed by atoms with Gasteiger partial charge in [-0.3, -0.25) is 9.35 Å². The minimum absolute atomic E-state index is 0.0559. The fourth-order valence-electron chi connectivity index (χ4n) is 4.26. The molecule has 0 aromatic rings. The van der Waals surface area contributed by atoms with Crippen molar-refractivity contribution in [2.75, 3.05) is 5.75 Å². The highest BCUT2D eigenvalue weighted by atomic mass is 32.2. The molecule has 3 fully saturated rings. The lowest BCUT2D eigenvalue weighted by atomic mass is 9.80. The zero-order chi connectivity index (χ0) is 15.4. The molecule has 5 nitrogen and oxygen atoms in total. The maximum atomic E-state index is 12.1. The van der Waals surface area contributed by atoms with Crippen molar-refractivity contribution in [2.24, 2.45) is 23.7 Å².